The Morgan fingerprint density at radius 2 is 2.38 bits per heavy atom. The lowest BCUT2D eigenvalue weighted by molar-refractivity contribution is 0.485. The number of thiazole rings is 1. The second-order valence-corrected chi connectivity index (χ2v) is 2.92. The van der Waals surface area contributed by atoms with Crippen LogP contribution in [0.3, 0.4) is 0 Å². The van der Waals surface area contributed by atoms with Gasteiger partial charge in [0.2, 0.25) is 0 Å². The largest absolute Gasteiger partial charge is 0.498 e. The molecule has 0 aliphatic heterocycles. The SMILES string of the molecule is Cc1nc(Cl)sc1O. The summed E-state index contributed by atoms with van der Waals surface area (Å²) < 4.78 is 0.389. The predicted molar refractivity (Wildman–Crippen MR) is 33.5 cm³/mol. The molecule has 0 aliphatic rings. The van der Waals surface area contributed by atoms with Crippen molar-refractivity contribution in [3.63, 3.8) is 0 Å². The number of hydrogen-bond acceptors (Lipinski definition) is 3. The molecule has 0 atom stereocenters. The third-order valence-electron chi connectivity index (χ3n) is 0.746. The number of aryl methyl sites for hydroxylation is 1. The molecule has 0 saturated carbocycles. The van der Waals surface area contributed by atoms with Crippen LogP contribution < -0.4 is 0 Å². The van der Waals surface area contributed by atoms with E-state index in [0.29, 0.717) is 10.2 Å². The maximum absolute atomic E-state index is 8.81. The van der Waals surface area contributed by atoms with Crippen LogP contribution in [0.5, 0.6) is 5.06 Å². The molecule has 1 aromatic rings. The van der Waals surface area contributed by atoms with Crippen LogP contribution in [-0.4, -0.2) is 10.1 Å². The maximum Gasteiger partial charge on any atom is 0.195 e. The molecule has 2 nitrogen and oxygen atoms in total. The summed E-state index contributed by atoms with van der Waals surface area (Å²) in [6, 6.07) is 0. The summed E-state index contributed by atoms with van der Waals surface area (Å²) >= 11 is 6.49. The summed E-state index contributed by atoms with van der Waals surface area (Å²) in [5, 5.41) is 9.02. The molecule has 0 aromatic carbocycles. The highest BCUT2D eigenvalue weighted by atomic mass is 35.5. The van der Waals surface area contributed by atoms with Crippen molar-refractivity contribution >= 4 is 22.9 Å². The zero-order valence-corrected chi connectivity index (χ0v) is 5.75. The van der Waals surface area contributed by atoms with E-state index in [9.17, 15) is 0 Å². The second kappa shape index (κ2) is 1.91. The molecule has 4 heteroatoms. The first-order valence-corrected chi connectivity index (χ1v) is 3.21. The first-order chi connectivity index (χ1) is 3.70. The topological polar surface area (TPSA) is 33.1 Å². The lowest BCUT2D eigenvalue weighted by Crippen LogP contribution is -1.65. The van der Waals surface area contributed by atoms with Gasteiger partial charge in [-0.2, -0.15) is 0 Å². The minimum absolute atomic E-state index is 0.204. The fraction of sp³-hybridized carbons (Fsp3) is 0.250. The average Bonchev–Trinajstić information content (AvgIpc) is 1.85. The van der Waals surface area contributed by atoms with Gasteiger partial charge in [0.15, 0.2) is 9.53 Å². The number of halogens is 1. The van der Waals surface area contributed by atoms with Gasteiger partial charge in [0, 0.05) is 0 Å². The summed E-state index contributed by atoms with van der Waals surface area (Å²) in [4.78, 5) is 3.74. The first kappa shape index (κ1) is 5.85. The Hall–Kier alpha value is -0.280. The number of nitrogens with zero attached hydrogens (tertiary/aromatic N) is 1. The minimum atomic E-state index is 0.204. The fourth-order valence-corrected chi connectivity index (χ4v) is 1.24. The Morgan fingerprint density at radius 1 is 1.75 bits per heavy atom. The van der Waals surface area contributed by atoms with Crippen molar-refractivity contribution in [1.29, 1.82) is 0 Å². The molecule has 0 spiro atoms. The normalized spacial score (nSPS) is 9.75. The lowest BCUT2D eigenvalue weighted by atomic mass is 10.6. The molecular weight excluding hydrogens is 146 g/mol. The summed E-state index contributed by atoms with van der Waals surface area (Å²) in [5.41, 5.74) is 0.597. The lowest BCUT2D eigenvalue weighted by Gasteiger charge is -1.77. The van der Waals surface area contributed by atoms with Crippen LogP contribution >= 0.6 is 22.9 Å². The molecule has 0 unspecified atom stereocenters. The third kappa shape index (κ3) is 0.928. The van der Waals surface area contributed by atoms with E-state index >= 15 is 0 Å². The maximum atomic E-state index is 8.81. The number of aromatic nitrogens is 1. The van der Waals surface area contributed by atoms with E-state index in [1.54, 1.807) is 6.92 Å². The van der Waals surface area contributed by atoms with Crippen molar-refractivity contribution in [3.05, 3.63) is 10.2 Å². The van der Waals surface area contributed by atoms with Crippen molar-refractivity contribution in [2.75, 3.05) is 0 Å². The Kier molecular flexibility index (Phi) is 1.40. The monoisotopic (exact) mass is 149 g/mol. The highest BCUT2D eigenvalue weighted by molar-refractivity contribution is 7.17. The van der Waals surface area contributed by atoms with Crippen molar-refractivity contribution in [1.82, 2.24) is 4.98 Å². The molecule has 1 heterocycles. The summed E-state index contributed by atoms with van der Waals surface area (Å²) in [5.74, 6) is 0. The van der Waals surface area contributed by atoms with Gasteiger partial charge in [0.05, 0.1) is 5.69 Å². The molecule has 0 aliphatic carbocycles. The van der Waals surface area contributed by atoms with Crippen LogP contribution in [0.1, 0.15) is 5.69 Å². The number of aromatic hydroxyl groups is 1. The van der Waals surface area contributed by atoms with E-state index in [4.69, 9.17) is 16.7 Å². The van der Waals surface area contributed by atoms with Crippen molar-refractivity contribution in [3.8, 4) is 5.06 Å². The average molecular weight is 150 g/mol. The minimum Gasteiger partial charge on any atom is -0.498 e. The Morgan fingerprint density at radius 3 is 2.50 bits per heavy atom. The third-order valence-corrected chi connectivity index (χ3v) is 1.81. The highest BCUT2D eigenvalue weighted by Crippen LogP contribution is 2.27. The molecule has 1 rings (SSSR count). The molecule has 44 valence electrons. The zero-order chi connectivity index (χ0) is 6.15. The number of rotatable bonds is 0. The van der Waals surface area contributed by atoms with Gasteiger partial charge in [-0.25, -0.2) is 4.98 Å². The van der Waals surface area contributed by atoms with Crippen LogP contribution in [0.15, 0.2) is 0 Å². The van der Waals surface area contributed by atoms with E-state index in [-0.39, 0.29) is 5.06 Å². The molecule has 1 aromatic heterocycles. The molecule has 1 N–H and O–H groups in total. The summed E-state index contributed by atoms with van der Waals surface area (Å²) in [6.07, 6.45) is 0. The first-order valence-electron chi connectivity index (χ1n) is 2.02. The van der Waals surface area contributed by atoms with E-state index in [0.717, 1.165) is 11.3 Å². The molecule has 0 fully saturated rings. The molecule has 0 radical (unpaired) electrons. The van der Waals surface area contributed by atoms with Crippen LogP contribution in [0.2, 0.25) is 4.47 Å². The van der Waals surface area contributed by atoms with E-state index < -0.39 is 0 Å². The van der Waals surface area contributed by atoms with Gasteiger partial charge in [0.1, 0.15) is 0 Å². The van der Waals surface area contributed by atoms with Crippen LogP contribution in [0.25, 0.3) is 0 Å². The van der Waals surface area contributed by atoms with Crippen LogP contribution in [0.4, 0.5) is 0 Å². The van der Waals surface area contributed by atoms with Gasteiger partial charge >= 0.3 is 0 Å². The van der Waals surface area contributed by atoms with Crippen LogP contribution in [-0.2, 0) is 0 Å². The fourth-order valence-electron chi connectivity index (χ4n) is 0.356. The number of hydrogen-bond donors (Lipinski definition) is 1. The van der Waals surface area contributed by atoms with E-state index in [2.05, 4.69) is 4.98 Å². The van der Waals surface area contributed by atoms with E-state index in [1.165, 1.54) is 0 Å². The Bertz CT molecular complexity index is 178. The van der Waals surface area contributed by atoms with E-state index in [1.807, 2.05) is 0 Å². The van der Waals surface area contributed by atoms with Gasteiger partial charge in [-0.05, 0) is 6.92 Å². The molecule has 0 bridgehead atoms. The summed E-state index contributed by atoms with van der Waals surface area (Å²) in [7, 11) is 0. The predicted octanol–water partition coefficient (Wildman–Crippen LogP) is 1.81. The Balaban J connectivity index is 3.14. The summed E-state index contributed by atoms with van der Waals surface area (Å²) in [6.45, 7) is 1.71. The zero-order valence-electron chi connectivity index (χ0n) is 4.18. The van der Waals surface area contributed by atoms with Crippen molar-refractivity contribution < 1.29 is 5.11 Å². The smallest absolute Gasteiger partial charge is 0.195 e. The highest BCUT2D eigenvalue weighted by Gasteiger charge is 2.00. The van der Waals surface area contributed by atoms with Crippen molar-refractivity contribution in [2.45, 2.75) is 6.92 Å². The van der Waals surface area contributed by atoms with Crippen LogP contribution in [0, 0.1) is 6.92 Å². The van der Waals surface area contributed by atoms with Gasteiger partial charge in [-0.1, -0.05) is 22.9 Å². The second-order valence-electron chi connectivity index (χ2n) is 1.36. The van der Waals surface area contributed by atoms with Gasteiger partial charge in [-0.15, -0.1) is 0 Å². The standard InChI is InChI=1S/C4H4ClNOS/c1-2-3(7)8-4(5)6-2/h7H,1H3. The van der Waals surface area contributed by atoms with Gasteiger partial charge in [0.25, 0.3) is 0 Å². The van der Waals surface area contributed by atoms with Crippen molar-refractivity contribution in [2.24, 2.45) is 0 Å². The molecule has 8 heavy (non-hydrogen) atoms. The molecule has 0 saturated heterocycles. The molecule has 0 amide bonds. The molecular formula is C4H4ClNOS. The van der Waals surface area contributed by atoms with Gasteiger partial charge in [-0.3, -0.25) is 0 Å². The Labute approximate surface area is 55.8 Å². The quantitative estimate of drug-likeness (QED) is 0.611. The van der Waals surface area contributed by atoms with Gasteiger partial charge < -0.3 is 5.11 Å².